The molecule has 2 aliphatic heterocycles. The fourth-order valence-electron chi connectivity index (χ4n) is 12.2. The number of hydrogen-bond acceptors (Lipinski definition) is 2. The van der Waals surface area contributed by atoms with Gasteiger partial charge in [-0.05, 0) is 86.9 Å². The zero-order chi connectivity index (χ0) is 25.3. The highest BCUT2D eigenvalue weighted by Gasteiger charge is 2.65. The van der Waals surface area contributed by atoms with Gasteiger partial charge in [0.1, 0.15) is 6.04 Å². The molecule has 4 saturated carbocycles. The number of likely N-dealkylation sites (tertiary alicyclic amines) is 2. The van der Waals surface area contributed by atoms with Crippen LogP contribution in [0, 0.1) is 34.5 Å². The van der Waals surface area contributed by atoms with Crippen LogP contribution in [0.2, 0.25) is 0 Å². The molecule has 220 valence electrons. The number of ether oxygens (including phenoxy) is 1. The topological polar surface area (TPSA) is 26.3 Å². The molecular weight excluding hydrogens is 604 g/mol. The molecule has 0 amide bonds. The second-order valence-corrected chi connectivity index (χ2v) is 15.6. The molecule has 6 rings (SSSR count). The van der Waals surface area contributed by atoms with Crippen molar-refractivity contribution in [1.82, 2.24) is 0 Å². The summed E-state index contributed by atoms with van der Waals surface area (Å²) in [6.45, 7) is 12.5. The zero-order valence-corrected chi connectivity index (χ0v) is 28.2. The van der Waals surface area contributed by atoms with E-state index in [0.29, 0.717) is 16.9 Å². The van der Waals surface area contributed by atoms with Gasteiger partial charge in [-0.2, -0.15) is 0 Å². The highest BCUT2D eigenvalue weighted by molar-refractivity contribution is 5.66. The first-order valence-electron chi connectivity index (χ1n) is 15.9. The standard InChI is InChI=1S/C32H56N2O2.2BrH/c1-23(35)36-29-21-24-11-12-25-26-13-14-30(34(5)19-9-10-20-34)31(26,2)16-15-27(25)32(24,3)22-28(29)33(4)17-7-6-8-18-33;;/h24-30H,6-22H2,1-5H3;2*1H/q+2;;/p-2/t24-,25-,26-,27-,28-,29-,30-,31-,32-;;/m0../s1. The zero-order valence-electron chi connectivity index (χ0n) is 25.0. The lowest BCUT2D eigenvalue weighted by molar-refractivity contribution is -0.943. The Morgan fingerprint density at radius 3 is 2.03 bits per heavy atom. The van der Waals surface area contributed by atoms with Crippen LogP contribution in [-0.4, -0.2) is 73.4 Å². The first-order chi connectivity index (χ1) is 17.1. The molecule has 38 heavy (non-hydrogen) atoms. The summed E-state index contributed by atoms with van der Waals surface area (Å²) >= 11 is 0. The predicted molar refractivity (Wildman–Crippen MR) is 145 cm³/mol. The van der Waals surface area contributed by atoms with Crippen LogP contribution < -0.4 is 34.0 Å². The summed E-state index contributed by atoms with van der Waals surface area (Å²) < 4.78 is 8.69. The summed E-state index contributed by atoms with van der Waals surface area (Å²) in [5.41, 5.74) is 0.984. The Labute approximate surface area is 254 Å². The van der Waals surface area contributed by atoms with Crippen molar-refractivity contribution in [2.45, 2.75) is 122 Å². The second kappa shape index (κ2) is 11.2. The molecule has 6 heteroatoms. The molecule has 0 unspecified atom stereocenters. The van der Waals surface area contributed by atoms with Gasteiger partial charge in [0.15, 0.2) is 6.10 Å². The molecule has 6 fully saturated rings. The third-order valence-corrected chi connectivity index (χ3v) is 13.9. The Hall–Kier alpha value is 0.350. The summed E-state index contributed by atoms with van der Waals surface area (Å²) in [7, 11) is 5.11. The minimum absolute atomic E-state index is 0. The Morgan fingerprint density at radius 1 is 0.763 bits per heavy atom. The normalized spacial score (nSPS) is 46.9. The number of halogens is 2. The number of likely N-dealkylation sites (N-methyl/N-ethyl adjacent to an activating group) is 1. The van der Waals surface area contributed by atoms with E-state index >= 15 is 0 Å². The van der Waals surface area contributed by atoms with Crippen LogP contribution in [0.1, 0.15) is 104 Å². The van der Waals surface area contributed by atoms with Crippen LogP contribution >= 0.6 is 0 Å². The number of carbonyl (C=O) groups is 1. The largest absolute Gasteiger partial charge is 1.00 e. The van der Waals surface area contributed by atoms with Gasteiger partial charge < -0.3 is 47.7 Å². The minimum atomic E-state index is -0.0603. The van der Waals surface area contributed by atoms with Gasteiger partial charge in [0, 0.05) is 38.0 Å². The van der Waals surface area contributed by atoms with Crippen LogP contribution in [0.4, 0.5) is 0 Å². The van der Waals surface area contributed by atoms with Gasteiger partial charge in [0.05, 0.1) is 46.3 Å². The number of hydrogen-bond donors (Lipinski definition) is 0. The van der Waals surface area contributed by atoms with Gasteiger partial charge in [0.25, 0.3) is 0 Å². The van der Waals surface area contributed by atoms with Crippen molar-refractivity contribution in [2.24, 2.45) is 34.5 Å². The number of quaternary nitrogens is 2. The van der Waals surface area contributed by atoms with Gasteiger partial charge in [-0.25, -0.2) is 0 Å². The van der Waals surface area contributed by atoms with Crippen molar-refractivity contribution in [3.63, 3.8) is 0 Å². The van der Waals surface area contributed by atoms with Gasteiger partial charge in [0.2, 0.25) is 0 Å². The summed E-state index contributed by atoms with van der Waals surface area (Å²) in [6.07, 6.45) is 18.2. The molecule has 0 spiro atoms. The molecule has 0 bridgehead atoms. The second-order valence-electron chi connectivity index (χ2n) is 15.6. The van der Waals surface area contributed by atoms with E-state index in [9.17, 15) is 4.79 Å². The molecule has 0 aromatic carbocycles. The smallest absolute Gasteiger partial charge is 0.303 e. The molecule has 9 atom stereocenters. The molecule has 0 N–H and O–H groups in total. The Bertz CT molecular complexity index is 856. The average Bonchev–Trinajstić information content (AvgIpc) is 3.43. The summed E-state index contributed by atoms with van der Waals surface area (Å²) in [5.74, 6) is 3.44. The molecule has 4 aliphatic carbocycles. The lowest BCUT2D eigenvalue weighted by Gasteiger charge is -2.63. The molecule has 6 aliphatic rings. The first kappa shape index (κ1) is 31.3. The van der Waals surface area contributed by atoms with Gasteiger partial charge in [-0.15, -0.1) is 0 Å². The third kappa shape index (κ3) is 4.89. The van der Waals surface area contributed by atoms with E-state index in [1.165, 1.54) is 108 Å². The van der Waals surface area contributed by atoms with Crippen LogP contribution in [-0.2, 0) is 9.53 Å². The summed E-state index contributed by atoms with van der Waals surface area (Å²) in [6, 6.07) is 1.40. The molecule has 2 heterocycles. The van der Waals surface area contributed by atoms with E-state index in [2.05, 4.69) is 27.9 Å². The maximum absolute atomic E-state index is 12.2. The Balaban J connectivity index is 0.00000168. The molecule has 4 nitrogen and oxygen atoms in total. The van der Waals surface area contributed by atoms with E-state index < -0.39 is 0 Å². The molecule has 0 aromatic rings. The highest BCUT2D eigenvalue weighted by atomic mass is 79.9. The number of esters is 1. The number of carbonyl (C=O) groups excluding carboxylic acids is 1. The van der Waals surface area contributed by atoms with E-state index in [4.69, 9.17) is 4.74 Å². The predicted octanol–water partition coefficient (Wildman–Crippen LogP) is 0.187. The molecule has 0 radical (unpaired) electrons. The summed E-state index contributed by atoms with van der Waals surface area (Å²) in [4.78, 5) is 12.2. The monoisotopic (exact) mass is 658 g/mol. The number of rotatable bonds is 3. The molecule has 2 saturated heterocycles. The van der Waals surface area contributed by atoms with Crippen molar-refractivity contribution < 1.29 is 52.5 Å². The van der Waals surface area contributed by atoms with Crippen molar-refractivity contribution >= 4 is 5.97 Å². The molecular formula is C32H56Br2N2O2. The fourth-order valence-corrected chi connectivity index (χ4v) is 12.2. The lowest BCUT2D eigenvalue weighted by Crippen LogP contribution is -3.00. The first-order valence-corrected chi connectivity index (χ1v) is 15.9. The van der Waals surface area contributed by atoms with Crippen molar-refractivity contribution in [1.29, 1.82) is 0 Å². The average molecular weight is 661 g/mol. The number of nitrogens with zero attached hydrogens (tertiary/aromatic N) is 2. The number of piperidine rings is 1. The Morgan fingerprint density at radius 2 is 1.37 bits per heavy atom. The SMILES string of the molecule is CC(=O)O[C@H]1C[C@@H]2CC[C@@H]3[C@H](CC[C@@]4(C)[C@H]3CC[C@@H]4[N+]3(C)CCCC3)[C@@]2(C)C[C@@H]1[N+]1(C)CCCCC1.[Br-].[Br-]. The van der Waals surface area contributed by atoms with E-state index in [0.717, 1.165) is 40.6 Å². The Kier molecular flexibility index (Phi) is 9.23. The highest BCUT2D eigenvalue weighted by Crippen LogP contribution is 2.68. The van der Waals surface area contributed by atoms with Crippen LogP contribution in [0.15, 0.2) is 0 Å². The minimum Gasteiger partial charge on any atom is -1.00 e. The maximum atomic E-state index is 12.2. The van der Waals surface area contributed by atoms with Gasteiger partial charge in [-0.3, -0.25) is 4.79 Å². The van der Waals surface area contributed by atoms with Crippen molar-refractivity contribution in [3.8, 4) is 0 Å². The van der Waals surface area contributed by atoms with Crippen LogP contribution in [0.5, 0.6) is 0 Å². The lowest BCUT2D eigenvalue weighted by atomic mass is 9.44. The van der Waals surface area contributed by atoms with Crippen LogP contribution in [0.3, 0.4) is 0 Å². The molecule has 0 aromatic heterocycles. The van der Waals surface area contributed by atoms with Gasteiger partial charge in [-0.1, -0.05) is 13.8 Å². The van der Waals surface area contributed by atoms with E-state index in [-0.39, 0.29) is 46.0 Å². The van der Waals surface area contributed by atoms with Crippen molar-refractivity contribution in [3.05, 3.63) is 0 Å². The van der Waals surface area contributed by atoms with Crippen LogP contribution in [0.25, 0.3) is 0 Å². The third-order valence-electron chi connectivity index (χ3n) is 13.9. The fraction of sp³-hybridized carbons (Fsp3) is 0.969. The summed E-state index contributed by atoms with van der Waals surface area (Å²) in [5, 5.41) is 0. The number of fused-ring (bicyclic) bond motifs is 5. The van der Waals surface area contributed by atoms with Gasteiger partial charge >= 0.3 is 5.97 Å². The van der Waals surface area contributed by atoms with Crippen molar-refractivity contribution in [2.75, 3.05) is 40.3 Å². The quantitative estimate of drug-likeness (QED) is 0.320. The van der Waals surface area contributed by atoms with E-state index in [1.54, 1.807) is 6.92 Å². The maximum Gasteiger partial charge on any atom is 0.303 e. The van der Waals surface area contributed by atoms with E-state index in [1.807, 2.05) is 0 Å².